The average Bonchev–Trinajstić information content (AvgIpc) is 3.67. The third-order valence-electron chi connectivity index (χ3n) is 11.5. The van der Waals surface area contributed by atoms with Crippen LogP contribution in [0.2, 0.25) is 5.02 Å². The quantitative estimate of drug-likeness (QED) is 0.221. The third kappa shape index (κ3) is 5.97. The molecule has 0 bridgehead atoms. The first-order chi connectivity index (χ1) is 25.7. The summed E-state index contributed by atoms with van der Waals surface area (Å²) in [5.74, 6) is 0.115. The van der Waals surface area contributed by atoms with Gasteiger partial charge < -0.3 is 25.4 Å². The van der Waals surface area contributed by atoms with E-state index in [1.807, 2.05) is 30.3 Å². The predicted octanol–water partition coefficient (Wildman–Crippen LogP) is 3.88. The minimum absolute atomic E-state index is 0.135. The molecule has 3 amide bonds. The van der Waals surface area contributed by atoms with E-state index in [0.717, 1.165) is 81.2 Å². The van der Waals surface area contributed by atoms with E-state index >= 15 is 0 Å². The summed E-state index contributed by atoms with van der Waals surface area (Å²) in [5, 5.41) is 7.47. The average molecular weight is 734 g/mol. The second-order valence-electron chi connectivity index (χ2n) is 14.6. The maximum Gasteiger partial charge on any atom is 0.283 e. The molecule has 0 spiro atoms. The lowest BCUT2D eigenvalue weighted by atomic mass is 9.95. The van der Waals surface area contributed by atoms with Crippen molar-refractivity contribution in [1.29, 1.82) is 0 Å². The zero-order valence-electron chi connectivity index (χ0n) is 29.2. The second-order valence-corrected chi connectivity index (χ2v) is 15.0. The molecule has 0 aliphatic carbocycles. The SMILES string of the molecule is Nc1nn2c(=O)c3c(Cl)cccc3[nH]c2c1-c1ccc(N2CCN(CC3CCN(c4ccc5c(c4)CN(C4CCC(=O)NC4=O)C5=O)CC3)CC2)cc1. The zero-order valence-corrected chi connectivity index (χ0v) is 29.9. The monoisotopic (exact) mass is 733 g/mol. The number of nitrogens with two attached hydrogens (primary N) is 1. The number of imide groups is 1. The number of fused-ring (bicyclic) bond motifs is 3. The highest BCUT2D eigenvalue weighted by atomic mass is 35.5. The van der Waals surface area contributed by atoms with Gasteiger partial charge in [-0.1, -0.05) is 29.8 Å². The van der Waals surface area contributed by atoms with Gasteiger partial charge in [0.25, 0.3) is 11.5 Å². The molecule has 4 aliphatic heterocycles. The van der Waals surface area contributed by atoms with Gasteiger partial charge in [0.1, 0.15) is 11.7 Å². The highest BCUT2D eigenvalue weighted by Crippen LogP contribution is 2.34. The molecule has 5 aromatic rings. The Morgan fingerprint density at radius 2 is 1.58 bits per heavy atom. The van der Waals surface area contributed by atoms with Gasteiger partial charge in [0.2, 0.25) is 11.8 Å². The van der Waals surface area contributed by atoms with Crippen molar-refractivity contribution in [3.63, 3.8) is 0 Å². The molecule has 14 heteroatoms. The lowest BCUT2D eigenvalue weighted by Gasteiger charge is -2.40. The number of aromatic amines is 1. The van der Waals surface area contributed by atoms with Gasteiger partial charge in [0.05, 0.1) is 21.5 Å². The fourth-order valence-corrected chi connectivity index (χ4v) is 8.84. The van der Waals surface area contributed by atoms with Crippen LogP contribution >= 0.6 is 11.6 Å². The molecule has 4 aliphatic rings. The van der Waals surface area contributed by atoms with Crippen molar-refractivity contribution in [1.82, 2.24) is 29.7 Å². The predicted molar refractivity (Wildman–Crippen MR) is 204 cm³/mol. The molecule has 1 atom stereocenters. The molecule has 53 heavy (non-hydrogen) atoms. The van der Waals surface area contributed by atoms with Crippen LogP contribution in [0, 0.1) is 5.92 Å². The minimum Gasteiger partial charge on any atom is -0.382 e. The number of benzene rings is 3. The molecule has 0 radical (unpaired) electrons. The number of carbonyl (C=O) groups excluding carboxylic acids is 3. The molecule has 4 N–H and O–H groups in total. The van der Waals surface area contributed by atoms with Crippen molar-refractivity contribution in [3.05, 3.63) is 87.2 Å². The van der Waals surface area contributed by atoms with Crippen LogP contribution in [0.1, 0.15) is 41.6 Å². The van der Waals surface area contributed by atoms with Gasteiger partial charge in [-0.3, -0.25) is 29.4 Å². The Bertz CT molecular complexity index is 2340. The summed E-state index contributed by atoms with van der Waals surface area (Å²) in [6.45, 7) is 7.32. The molecular formula is C39H40ClN9O4. The van der Waals surface area contributed by atoms with Crippen molar-refractivity contribution in [2.75, 3.05) is 61.3 Å². The normalized spacial score (nSPS) is 20.1. The maximum absolute atomic E-state index is 13.2. The summed E-state index contributed by atoms with van der Waals surface area (Å²) >= 11 is 6.32. The Morgan fingerprint density at radius 3 is 2.34 bits per heavy atom. The van der Waals surface area contributed by atoms with Crippen LogP contribution in [-0.4, -0.2) is 94.0 Å². The lowest BCUT2D eigenvalue weighted by molar-refractivity contribution is -0.136. The van der Waals surface area contributed by atoms with E-state index in [9.17, 15) is 19.2 Å². The van der Waals surface area contributed by atoms with Crippen molar-refractivity contribution in [2.24, 2.45) is 5.92 Å². The number of nitrogen functional groups attached to an aromatic ring is 1. The van der Waals surface area contributed by atoms with Crippen LogP contribution in [0.5, 0.6) is 0 Å². The highest BCUT2D eigenvalue weighted by Gasteiger charge is 2.39. The number of amides is 3. The Kier molecular flexibility index (Phi) is 8.34. The number of carbonyl (C=O) groups is 3. The third-order valence-corrected chi connectivity index (χ3v) is 11.8. The van der Waals surface area contributed by atoms with E-state index in [-0.39, 0.29) is 35.5 Å². The van der Waals surface area contributed by atoms with Gasteiger partial charge in [-0.15, -0.1) is 5.10 Å². The maximum atomic E-state index is 13.2. The van der Waals surface area contributed by atoms with Crippen LogP contribution in [0.15, 0.2) is 65.5 Å². The largest absolute Gasteiger partial charge is 0.382 e. The number of nitrogens with one attached hydrogen (secondary N) is 2. The first-order valence-corrected chi connectivity index (χ1v) is 18.7. The molecule has 1 unspecified atom stereocenters. The molecular weight excluding hydrogens is 694 g/mol. The first-order valence-electron chi connectivity index (χ1n) is 18.3. The van der Waals surface area contributed by atoms with Crippen molar-refractivity contribution in [2.45, 2.75) is 38.3 Å². The molecule has 3 fully saturated rings. The molecule has 9 rings (SSSR count). The van der Waals surface area contributed by atoms with E-state index in [4.69, 9.17) is 17.3 Å². The summed E-state index contributed by atoms with van der Waals surface area (Å²) in [4.78, 5) is 62.7. The summed E-state index contributed by atoms with van der Waals surface area (Å²) in [6.07, 6.45) is 2.85. The number of halogens is 1. The fraction of sp³-hybridized carbons (Fsp3) is 0.359. The number of aromatic nitrogens is 3. The summed E-state index contributed by atoms with van der Waals surface area (Å²) < 4.78 is 1.30. The number of rotatable bonds is 6. The van der Waals surface area contributed by atoms with Gasteiger partial charge in [-0.05, 0) is 78.8 Å². The topological polar surface area (TPSA) is 152 Å². The van der Waals surface area contributed by atoms with Crippen molar-refractivity contribution >= 4 is 63.1 Å². The molecule has 3 saturated heterocycles. The number of hydrogen-bond donors (Lipinski definition) is 3. The first kappa shape index (κ1) is 33.4. The molecule has 0 saturated carbocycles. The van der Waals surface area contributed by atoms with Crippen LogP contribution in [0.25, 0.3) is 27.7 Å². The standard InChI is InChI=1S/C39H40ClN9O4/c40-29-2-1-3-30-34(29)39(53)49-36(42-30)33(35(41)44-49)24-4-6-26(7-5-24)47-18-16-45(17-19-47)21-23-12-14-46(15-13-23)27-8-9-28-25(20-27)22-48(38(28)52)31-10-11-32(50)43-37(31)51/h1-9,20,23,31,42H,10-19,21-22H2,(H2,41,44)(H,43,50,51). The van der Waals surface area contributed by atoms with E-state index in [1.54, 1.807) is 17.0 Å². The van der Waals surface area contributed by atoms with Gasteiger partial charge in [-0.25, -0.2) is 0 Å². The van der Waals surface area contributed by atoms with Gasteiger partial charge >= 0.3 is 0 Å². The van der Waals surface area contributed by atoms with E-state index in [0.29, 0.717) is 51.6 Å². The number of piperazine rings is 1. The van der Waals surface area contributed by atoms with Gasteiger partial charge in [-0.2, -0.15) is 4.52 Å². The van der Waals surface area contributed by atoms with Crippen LogP contribution in [-0.2, 0) is 16.1 Å². The van der Waals surface area contributed by atoms with E-state index in [2.05, 4.69) is 48.3 Å². The Labute approximate surface area is 310 Å². The summed E-state index contributed by atoms with van der Waals surface area (Å²) in [6, 6.07) is 19.1. The van der Waals surface area contributed by atoms with Crippen LogP contribution in [0.4, 0.5) is 17.2 Å². The van der Waals surface area contributed by atoms with E-state index < -0.39 is 6.04 Å². The number of anilines is 3. The molecule has 13 nitrogen and oxygen atoms in total. The highest BCUT2D eigenvalue weighted by molar-refractivity contribution is 6.35. The van der Waals surface area contributed by atoms with Crippen LogP contribution < -0.4 is 26.4 Å². The van der Waals surface area contributed by atoms with Gasteiger partial charge in [0.15, 0.2) is 5.82 Å². The molecule has 3 aromatic carbocycles. The Morgan fingerprint density at radius 1 is 0.849 bits per heavy atom. The number of hydrogen-bond acceptors (Lipinski definition) is 9. The molecule has 272 valence electrons. The summed E-state index contributed by atoms with van der Waals surface area (Å²) in [5.41, 5.74) is 12.7. The second kappa shape index (κ2) is 13.2. The molecule has 6 heterocycles. The number of piperidine rings is 2. The smallest absolute Gasteiger partial charge is 0.283 e. The number of nitrogens with zero attached hydrogens (tertiary/aromatic N) is 6. The number of H-pyrrole nitrogens is 1. The Hall–Kier alpha value is -5.40. The van der Waals surface area contributed by atoms with Crippen LogP contribution in [0.3, 0.4) is 0 Å². The fourth-order valence-electron chi connectivity index (χ4n) is 8.59. The zero-order chi connectivity index (χ0) is 36.4. The van der Waals surface area contributed by atoms with Crippen molar-refractivity contribution in [3.8, 4) is 11.1 Å². The lowest BCUT2D eigenvalue weighted by Crippen LogP contribution is -2.52. The minimum atomic E-state index is -0.597. The summed E-state index contributed by atoms with van der Waals surface area (Å²) in [7, 11) is 0. The van der Waals surface area contributed by atoms with Gasteiger partial charge in [0, 0.05) is 75.7 Å². The Balaban J connectivity index is 0.785. The molecule has 2 aromatic heterocycles. The van der Waals surface area contributed by atoms with E-state index in [1.165, 1.54) is 4.52 Å². The van der Waals surface area contributed by atoms with Crippen molar-refractivity contribution < 1.29 is 14.4 Å².